The molecule has 0 saturated carbocycles. The molecule has 7 aromatic carbocycles. The van der Waals surface area contributed by atoms with Crippen molar-refractivity contribution >= 4 is 11.4 Å². The first kappa shape index (κ1) is 28.6. The minimum absolute atomic E-state index is 0.448. The fourth-order valence-electron chi connectivity index (χ4n) is 8.26. The summed E-state index contributed by atoms with van der Waals surface area (Å²) in [6.45, 7) is 0. The zero-order chi connectivity index (χ0) is 31.9. The number of nitrogens with one attached hydrogen (secondary N) is 1. The summed E-state index contributed by atoms with van der Waals surface area (Å²) in [5, 5.41) is 3.93. The van der Waals surface area contributed by atoms with Crippen molar-refractivity contribution in [2.24, 2.45) is 0 Å². The van der Waals surface area contributed by atoms with E-state index in [4.69, 9.17) is 0 Å². The van der Waals surface area contributed by atoms with Crippen LogP contribution in [0, 0.1) is 0 Å². The molecule has 9 rings (SSSR count). The van der Waals surface area contributed by atoms with Gasteiger partial charge in [0.05, 0.1) is 5.41 Å². The molecule has 48 heavy (non-hydrogen) atoms. The maximum absolute atomic E-state index is 3.93. The second-order valence-electron chi connectivity index (χ2n) is 13.2. The van der Waals surface area contributed by atoms with Crippen LogP contribution < -0.4 is 5.32 Å². The molecule has 230 valence electrons. The number of benzene rings is 7. The lowest BCUT2D eigenvalue weighted by Gasteiger charge is -2.34. The molecule has 1 N–H and O–H groups in total. The summed E-state index contributed by atoms with van der Waals surface area (Å²) in [6.07, 6.45) is 4.90. The minimum Gasteiger partial charge on any atom is -0.355 e. The van der Waals surface area contributed by atoms with E-state index in [0.717, 1.165) is 17.8 Å². The average molecular weight is 616 g/mol. The van der Waals surface area contributed by atoms with Crippen molar-refractivity contribution in [3.05, 3.63) is 203 Å². The van der Waals surface area contributed by atoms with Gasteiger partial charge in [-0.3, -0.25) is 0 Å². The number of anilines is 2. The van der Waals surface area contributed by atoms with Crippen LogP contribution in [0.25, 0.3) is 33.4 Å². The smallest absolute Gasteiger partial charge is 0.0714 e. The molecular weight excluding hydrogens is 579 g/mol. The molecule has 1 heteroatoms. The molecule has 0 unspecified atom stereocenters. The fraction of sp³-hybridized carbons (Fsp3) is 0.106. The third-order valence-corrected chi connectivity index (χ3v) is 10.5. The zero-order valence-corrected chi connectivity index (χ0v) is 27.0. The van der Waals surface area contributed by atoms with Gasteiger partial charge in [0.2, 0.25) is 0 Å². The molecule has 0 radical (unpaired) electrons. The van der Waals surface area contributed by atoms with E-state index in [1.54, 1.807) is 0 Å². The van der Waals surface area contributed by atoms with E-state index >= 15 is 0 Å². The summed E-state index contributed by atoms with van der Waals surface area (Å²) in [5.74, 6) is 0. The van der Waals surface area contributed by atoms with Crippen molar-refractivity contribution in [3.8, 4) is 33.4 Å². The van der Waals surface area contributed by atoms with Crippen LogP contribution in [-0.4, -0.2) is 0 Å². The van der Waals surface area contributed by atoms with Gasteiger partial charge in [0, 0.05) is 16.9 Å². The van der Waals surface area contributed by atoms with Gasteiger partial charge in [0.1, 0.15) is 0 Å². The van der Waals surface area contributed by atoms with E-state index in [1.165, 1.54) is 86.0 Å². The topological polar surface area (TPSA) is 12.0 Å². The molecule has 0 amide bonds. The van der Waals surface area contributed by atoms with Crippen molar-refractivity contribution in [1.82, 2.24) is 0 Å². The Balaban J connectivity index is 1.28. The summed E-state index contributed by atoms with van der Waals surface area (Å²) in [7, 11) is 0. The Morgan fingerprint density at radius 2 is 0.979 bits per heavy atom. The molecule has 1 nitrogen and oxygen atoms in total. The lowest BCUT2D eigenvalue weighted by molar-refractivity contribution is 0.686. The normalized spacial score (nSPS) is 14.1. The molecule has 2 aliphatic rings. The predicted molar refractivity (Wildman–Crippen MR) is 201 cm³/mol. The molecule has 0 spiro atoms. The van der Waals surface area contributed by atoms with E-state index in [1.807, 2.05) is 0 Å². The summed E-state index contributed by atoms with van der Waals surface area (Å²) < 4.78 is 0. The zero-order valence-electron chi connectivity index (χ0n) is 27.0. The third kappa shape index (κ3) is 4.69. The van der Waals surface area contributed by atoms with E-state index in [2.05, 4.69) is 175 Å². The van der Waals surface area contributed by atoms with Crippen molar-refractivity contribution in [2.75, 3.05) is 5.32 Å². The lowest BCUT2D eigenvalue weighted by Crippen LogP contribution is -2.28. The quantitative estimate of drug-likeness (QED) is 0.196. The largest absolute Gasteiger partial charge is 0.355 e. The highest BCUT2D eigenvalue weighted by molar-refractivity contribution is 5.94. The number of hydrogen-bond donors (Lipinski definition) is 1. The lowest BCUT2D eigenvalue weighted by atomic mass is 9.67. The summed E-state index contributed by atoms with van der Waals surface area (Å²) in [4.78, 5) is 0. The van der Waals surface area contributed by atoms with E-state index in [-0.39, 0.29) is 0 Å². The van der Waals surface area contributed by atoms with Gasteiger partial charge in [-0.25, -0.2) is 0 Å². The number of fused-ring (bicyclic) bond motifs is 4. The van der Waals surface area contributed by atoms with Crippen molar-refractivity contribution < 1.29 is 0 Å². The van der Waals surface area contributed by atoms with Gasteiger partial charge in [-0.15, -0.1) is 0 Å². The standard InChI is InChI=1S/C47H37N/c1-4-14-33(15-5-1)35-26-28-40(29-27-35)48-46-32-45-43(31-42(46)37-25-24-34-16-10-11-17-36(34)30-37)41-22-12-13-23-44(41)47(45,38-18-6-2-7-19-38)39-20-8-3-9-21-39/h1-9,12-15,18-32,48H,10-11,16-17H2. The molecule has 0 fully saturated rings. The van der Waals surface area contributed by atoms with Gasteiger partial charge in [-0.1, -0.05) is 146 Å². The van der Waals surface area contributed by atoms with Gasteiger partial charge >= 0.3 is 0 Å². The Morgan fingerprint density at radius 3 is 1.69 bits per heavy atom. The van der Waals surface area contributed by atoms with Gasteiger partial charge in [-0.2, -0.15) is 0 Å². The summed E-state index contributed by atoms with van der Waals surface area (Å²) in [6, 6.07) is 62.7. The number of rotatable bonds is 6. The first-order valence-electron chi connectivity index (χ1n) is 17.2. The predicted octanol–water partition coefficient (Wildman–Crippen LogP) is 12.0. The van der Waals surface area contributed by atoms with E-state index < -0.39 is 5.41 Å². The van der Waals surface area contributed by atoms with Crippen LogP contribution in [0.15, 0.2) is 170 Å². The minimum atomic E-state index is -0.448. The molecular formula is C47H37N. The Labute approximate surface area is 283 Å². The van der Waals surface area contributed by atoms with Crippen LogP contribution in [0.1, 0.15) is 46.2 Å². The molecule has 2 aliphatic carbocycles. The Kier molecular flexibility index (Phi) is 7.05. The summed E-state index contributed by atoms with van der Waals surface area (Å²) in [5.41, 5.74) is 17.5. The fourth-order valence-corrected chi connectivity index (χ4v) is 8.26. The Morgan fingerprint density at radius 1 is 0.396 bits per heavy atom. The number of hydrogen-bond acceptors (Lipinski definition) is 1. The van der Waals surface area contributed by atoms with E-state index in [0.29, 0.717) is 0 Å². The number of aryl methyl sites for hydroxylation is 2. The van der Waals surface area contributed by atoms with Crippen molar-refractivity contribution in [1.29, 1.82) is 0 Å². The van der Waals surface area contributed by atoms with Crippen LogP contribution in [-0.2, 0) is 18.3 Å². The Bertz CT molecular complexity index is 2190. The SMILES string of the molecule is c1ccc(-c2ccc(Nc3cc4c(cc3-c3ccc5c(c3)CCCC5)-c3ccccc3C4(c3ccccc3)c3ccccc3)cc2)cc1. The van der Waals surface area contributed by atoms with Crippen molar-refractivity contribution in [3.63, 3.8) is 0 Å². The first-order valence-corrected chi connectivity index (χ1v) is 17.2. The molecule has 0 heterocycles. The second kappa shape index (κ2) is 11.9. The van der Waals surface area contributed by atoms with Gasteiger partial charge in [-0.05, 0) is 111 Å². The molecule has 0 aliphatic heterocycles. The van der Waals surface area contributed by atoms with Gasteiger partial charge in [0.15, 0.2) is 0 Å². The molecule has 0 bridgehead atoms. The molecule has 0 atom stereocenters. The van der Waals surface area contributed by atoms with E-state index in [9.17, 15) is 0 Å². The molecule has 0 aromatic heterocycles. The van der Waals surface area contributed by atoms with Crippen LogP contribution in [0.4, 0.5) is 11.4 Å². The maximum atomic E-state index is 3.93. The van der Waals surface area contributed by atoms with Gasteiger partial charge < -0.3 is 5.32 Å². The van der Waals surface area contributed by atoms with Crippen molar-refractivity contribution in [2.45, 2.75) is 31.1 Å². The highest BCUT2D eigenvalue weighted by Gasteiger charge is 2.46. The second-order valence-corrected chi connectivity index (χ2v) is 13.2. The highest BCUT2D eigenvalue weighted by atomic mass is 14.9. The third-order valence-electron chi connectivity index (χ3n) is 10.5. The molecule has 7 aromatic rings. The van der Waals surface area contributed by atoms with Crippen LogP contribution >= 0.6 is 0 Å². The maximum Gasteiger partial charge on any atom is 0.0714 e. The molecule has 0 saturated heterocycles. The van der Waals surface area contributed by atoms with Gasteiger partial charge in [0.25, 0.3) is 0 Å². The average Bonchev–Trinajstić information content (AvgIpc) is 3.45. The summed E-state index contributed by atoms with van der Waals surface area (Å²) >= 11 is 0. The van der Waals surface area contributed by atoms with Crippen LogP contribution in [0.5, 0.6) is 0 Å². The first-order chi connectivity index (χ1) is 23.8. The van der Waals surface area contributed by atoms with Crippen LogP contribution in [0.2, 0.25) is 0 Å². The monoisotopic (exact) mass is 615 g/mol. The highest BCUT2D eigenvalue weighted by Crippen LogP contribution is 2.58. The van der Waals surface area contributed by atoms with Crippen LogP contribution in [0.3, 0.4) is 0 Å². The Hall–Kier alpha value is -5.66.